The Labute approximate surface area is 193 Å². The van der Waals surface area contributed by atoms with E-state index in [2.05, 4.69) is 35.9 Å². The monoisotopic (exact) mass is 440 g/mol. The number of carbonyl (C=O) groups is 1. The number of anilines is 2. The second kappa shape index (κ2) is 8.62. The molecule has 6 nitrogen and oxygen atoms in total. The van der Waals surface area contributed by atoms with E-state index in [9.17, 15) is 4.79 Å². The lowest BCUT2D eigenvalue weighted by atomic mass is 10.1. The highest BCUT2D eigenvalue weighted by atomic mass is 16.5. The van der Waals surface area contributed by atoms with Crippen LogP contribution in [-0.4, -0.2) is 35.6 Å². The summed E-state index contributed by atoms with van der Waals surface area (Å²) in [5.41, 5.74) is 6.66. The van der Waals surface area contributed by atoms with E-state index in [-0.39, 0.29) is 5.91 Å². The third kappa shape index (κ3) is 3.82. The molecule has 168 valence electrons. The van der Waals surface area contributed by atoms with Gasteiger partial charge >= 0.3 is 0 Å². The number of H-pyrrole nitrogens is 1. The number of nitrogens with one attached hydrogen (secondary N) is 1. The van der Waals surface area contributed by atoms with Gasteiger partial charge in [0.1, 0.15) is 11.6 Å². The summed E-state index contributed by atoms with van der Waals surface area (Å²) in [6.45, 7) is 9.38. The maximum Gasteiger partial charge on any atom is 0.258 e. The van der Waals surface area contributed by atoms with Gasteiger partial charge in [-0.2, -0.15) is 0 Å². The largest absolute Gasteiger partial charge is 0.494 e. The van der Waals surface area contributed by atoms with E-state index in [1.807, 2.05) is 60.4 Å². The number of carbonyl (C=O) groups excluding carboxylic acids is 1. The molecule has 1 aliphatic rings. The molecule has 2 heterocycles. The van der Waals surface area contributed by atoms with Crippen molar-refractivity contribution in [1.82, 2.24) is 9.97 Å². The quantitative estimate of drug-likeness (QED) is 0.404. The van der Waals surface area contributed by atoms with Gasteiger partial charge in [-0.3, -0.25) is 4.79 Å². The number of nitrogens with zero attached hydrogens (tertiary/aromatic N) is 3. The van der Waals surface area contributed by atoms with Gasteiger partial charge in [-0.15, -0.1) is 0 Å². The van der Waals surface area contributed by atoms with Crippen LogP contribution in [0.3, 0.4) is 0 Å². The summed E-state index contributed by atoms with van der Waals surface area (Å²) in [5, 5.41) is 0. The lowest BCUT2D eigenvalue weighted by molar-refractivity contribution is 0.0996. The van der Waals surface area contributed by atoms with Crippen molar-refractivity contribution >= 4 is 28.3 Å². The van der Waals surface area contributed by atoms with Crippen LogP contribution in [0, 0.1) is 0 Å². The van der Waals surface area contributed by atoms with Crippen LogP contribution in [0.2, 0.25) is 0 Å². The van der Waals surface area contributed by atoms with Gasteiger partial charge < -0.3 is 19.5 Å². The van der Waals surface area contributed by atoms with Gasteiger partial charge in [-0.1, -0.05) is 0 Å². The first-order valence-electron chi connectivity index (χ1n) is 11.5. The molecular weight excluding hydrogens is 412 g/mol. The summed E-state index contributed by atoms with van der Waals surface area (Å²) < 4.78 is 5.53. The Morgan fingerprint density at radius 1 is 1.00 bits per heavy atom. The molecule has 1 amide bonds. The third-order valence-corrected chi connectivity index (χ3v) is 6.24. The standard InChI is InChI=1S/C27H28N4O2/c1-4-30(5-2)20-9-13-23-19(15-20)17-31(27(23)32)21-10-14-24-25(16-21)29-26(28-24)18-7-11-22(12-8-18)33-6-3/h7-16H,4-6,17H2,1-3H3,(H,28,29). The minimum atomic E-state index is 0.0432. The van der Waals surface area contributed by atoms with Gasteiger partial charge in [0.25, 0.3) is 5.91 Å². The molecule has 0 aliphatic carbocycles. The highest BCUT2D eigenvalue weighted by molar-refractivity contribution is 6.10. The fraction of sp³-hybridized carbons (Fsp3) is 0.259. The number of rotatable bonds is 7. The van der Waals surface area contributed by atoms with Crippen LogP contribution in [0.25, 0.3) is 22.4 Å². The van der Waals surface area contributed by atoms with Crippen molar-refractivity contribution in [2.24, 2.45) is 0 Å². The average molecular weight is 441 g/mol. The van der Waals surface area contributed by atoms with Crippen LogP contribution in [0.5, 0.6) is 5.75 Å². The lowest BCUT2D eigenvalue weighted by Crippen LogP contribution is -2.22. The molecule has 0 saturated carbocycles. The second-order valence-corrected chi connectivity index (χ2v) is 8.15. The van der Waals surface area contributed by atoms with Crippen molar-refractivity contribution in [2.75, 3.05) is 29.5 Å². The fourth-order valence-electron chi connectivity index (χ4n) is 4.48. The normalized spacial score (nSPS) is 12.9. The molecular formula is C27H28N4O2. The molecule has 0 spiro atoms. The maximum absolute atomic E-state index is 13.1. The number of imidazole rings is 1. The van der Waals surface area contributed by atoms with Crippen molar-refractivity contribution in [3.05, 3.63) is 71.8 Å². The van der Waals surface area contributed by atoms with Crippen molar-refractivity contribution in [1.29, 1.82) is 0 Å². The molecule has 0 saturated heterocycles. The molecule has 0 fully saturated rings. The van der Waals surface area contributed by atoms with Gasteiger partial charge in [0.2, 0.25) is 0 Å². The number of aromatic nitrogens is 2. The van der Waals surface area contributed by atoms with Crippen LogP contribution in [-0.2, 0) is 6.54 Å². The van der Waals surface area contributed by atoms with Crippen molar-refractivity contribution < 1.29 is 9.53 Å². The number of fused-ring (bicyclic) bond motifs is 2. The van der Waals surface area contributed by atoms with Crippen LogP contribution in [0.4, 0.5) is 11.4 Å². The lowest BCUT2D eigenvalue weighted by Gasteiger charge is -2.21. The van der Waals surface area contributed by atoms with Gasteiger partial charge in [-0.05, 0) is 87.0 Å². The average Bonchev–Trinajstić information content (AvgIpc) is 3.41. The molecule has 1 aromatic heterocycles. The SMILES string of the molecule is CCOc1ccc(-c2nc3ccc(N4Cc5cc(N(CC)CC)ccc5C4=O)cc3[nH]2)cc1. The van der Waals surface area contributed by atoms with E-state index >= 15 is 0 Å². The second-order valence-electron chi connectivity index (χ2n) is 8.15. The number of benzene rings is 3. The summed E-state index contributed by atoms with van der Waals surface area (Å²) in [6.07, 6.45) is 0. The number of ether oxygens (including phenoxy) is 1. The first-order chi connectivity index (χ1) is 16.1. The van der Waals surface area contributed by atoms with Gasteiger partial charge in [0.05, 0.1) is 24.2 Å². The Kier molecular flexibility index (Phi) is 5.50. The van der Waals surface area contributed by atoms with Crippen LogP contribution >= 0.6 is 0 Å². The molecule has 0 bridgehead atoms. The van der Waals surface area contributed by atoms with E-state index in [1.54, 1.807) is 0 Å². The van der Waals surface area contributed by atoms with E-state index in [0.717, 1.165) is 63.8 Å². The Morgan fingerprint density at radius 2 is 1.79 bits per heavy atom. The summed E-state index contributed by atoms with van der Waals surface area (Å²) >= 11 is 0. The summed E-state index contributed by atoms with van der Waals surface area (Å²) in [7, 11) is 0. The number of aromatic amines is 1. The molecule has 0 atom stereocenters. The van der Waals surface area contributed by atoms with Crippen molar-refractivity contribution in [3.8, 4) is 17.1 Å². The summed E-state index contributed by atoms with van der Waals surface area (Å²) in [4.78, 5) is 25.4. The fourth-order valence-corrected chi connectivity index (χ4v) is 4.48. The number of amides is 1. The predicted octanol–water partition coefficient (Wildman–Crippen LogP) is 5.64. The molecule has 0 radical (unpaired) electrons. The summed E-state index contributed by atoms with van der Waals surface area (Å²) in [6, 6.07) is 20.0. The first kappa shape index (κ1) is 21.1. The van der Waals surface area contributed by atoms with Crippen LogP contribution in [0.1, 0.15) is 36.7 Å². The number of hydrogen-bond acceptors (Lipinski definition) is 4. The molecule has 1 N–H and O–H groups in total. The summed E-state index contributed by atoms with van der Waals surface area (Å²) in [5.74, 6) is 1.68. The van der Waals surface area contributed by atoms with Crippen molar-refractivity contribution in [3.63, 3.8) is 0 Å². The van der Waals surface area contributed by atoms with Crippen LogP contribution < -0.4 is 14.5 Å². The molecule has 33 heavy (non-hydrogen) atoms. The molecule has 4 aromatic rings. The maximum atomic E-state index is 13.1. The Bertz CT molecular complexity index is 1310. The minimum absolute atomic E-state index is 0.0432. The highest BCUT2D eigenvalue weighted by Crippen LogP contribution is 2.33. The van der Waals surface area contributed by atoms with Gasteiger partial charge in [0, 0.05) is 35.6 Å². The van der Waals surface area contributed by atoms with Crippen molar-refractivity contribution in [2.45, 2.75) is 27.3 Å². The topological polar surface area (TPSA) is 61.5 Å². The molecule has 6 heteroatoms. The zero-order valence-corrected chi connectivity index (χ0v) is 19.3. The molecule has 3 aromatic carbocycles. The van der Waals surface area contributed by atoms with E-state index in [1.165, 1.54) is 0 Å². The van der Waals surface area contributed by atoms with E-state index < -0.39 is 0 Å². The Hall–Kier alpha value is -3.80. The number of hydrogen-bond donors (Lipinski definition) is 1. The van der Waals surface area contributed by atoms with Gasteiger partial charge in [0.15, 0.2) is 0 Å². The van der Waals surface area contributed by atoms with Crippen LogP contribution in [0.15, 0.2) is 60.7 Å². The zero-order chi connectivity index (χ0) is 22.9. The molecule has 5 rings (SSSR count). The Balaban J connectivity index is 1.42. The highest BCUT2D eigenvalue weighted by Gasteiger charge is 2.29. The van der Waals surface area contributed by atoms with E-state index in [4.69, 9.17) is 9.72 Å². The zero-order valence-electron chi connectivity index (χ0n) is 19.3. The smallest absolute Gasteiger partial charge is 0.258 e. The first-order valence-corrected chi connectivity index (χ1v) is 11.5. The van der Waals surface area contributed by atoms with E-state index in [0.29, 0.717) is 13.2 Å². The third-order valence-electron chi connectivity index (χ3n) is 6.24. The molecule has 0 unspecified atom stereocenters. The molecule has 1 aliphatic heterocycles. The Morgan fingerprint density at radius 3 is 2.52 bits per heavy atom. The van der Waals surface area contributed by atoms with Gasteiger partial charge in [-0.25, -0.2) is 4.98 Å². The predicted molar refractivity (Wildman–Crippen MR) is 133 cm³/mol. The minimum Gasteiger partial charge on any atom is -0.494 e.